The molecule has 1 heterocycles. The predicted molar refractivity (Wildman–Crippen MR) is 114 cm³/mol. The highest BCUT2D eigenvalue weighted by Crippen LogP contribution is 2.26. The number of halogens is 1. The van der Waals surface area contributed by atoms with Crippen molar-refractivity contribution in [2.24, 2.45) is 0 Å². The molecule has 0 spiro atoms. The normalized spacial score (nSPS) is 18.4. The maximum Gasteiger partial charge on any atom is 0.157 e. The van der Waals surface area contributed by atoms with Gasteiger partial charge in [-0.25, -0.2) is 0 Å². The van der Waals surface area contributed by atoms with Gasteiger partial charge in [0.2, 0.25) is 0 Å². The van der Waals surface area contributed by atoms with Crippen molar-refractivity contribution in [1.82, 2.24) is 0 Å². The van der Waals surface area contributed by atoms with Gasteiger partial charge >= 0.3 is 0 Å². The van der Waals surface area contributed by atoms with Crippen molar-refractivity contribution in [3.05, 3.63) is 59.1 Å². The van der Waals surface area contributed by atoms with Crippen molar-refractivity contribution in [3.63, 3.8) is 0 Å². The van der Waals surface area contributed by atoms with Crippen molar-refractivity contribution in [2.45, 2.75) is 50.9 Å². The van der Waals surface area contributed by atoms with Crippen LogP contribution in [0.1, 0.15) is 44.6 Å². The van der Waals surface area contributed by atoms with Crippen LogP contribution in [0.2, 0.25) is 5.02 Å². The minimum atomic E-state index is -1.22. The lowest BCUT2D eigenvalue weighted by atomic mass is 9.96. The molecule has 1 saturated heterocycles. The molecule has 1 fully saturated rings. The largest absolute Gasteiger partial charge is 0.457 e. The van der Waals surface area contributed by atoms with Crippen LogP contribution in [0.25, 0.3) is 0 Å². The average Bonchev–Trinajstić information content (AvgIpc) is 2.73. The van der Waals surface area contributed by atoms with Gasteiger partial charge in [0.25, 0.3) is 0 Å². The first-order chi connectivity index (χ1) is 14.0. The van der Waals surface area contributed by atoms with Crippen LogP contribution in [0, 0.1) is 11.8 Å². The molecule has 0 saturated carbocycles. The summed E-state index contributed by atoms with van der Waals surface area (Å²) in [5, 5.41) is 11.3. The van der Waals surface area contributed by atoms with Crippen LogP contribution in [0.15, 0.2) is 48.5 Å². The van der Waals surface area contributed by atoms with Crippen LogP contribution in [0.4, 0.5) is 0 Å². The molecule has 1 aliphatic rings. The third kappa shape index (κ3) is 7.06. The molecule has 3 rings (SSSR count). The molecule has 0 radical (unpaired) electrons. The Kier molecular flexibility index (Phi) is 7.97. The lowest BCUT2D eigenvalue weighted by Crippen LogP contribution is -2.22. The van der Waals surface area contributed by atoms with E-state index in [0.717, 1.165) is 37.9 Å². The van der Waals surface area contributed by atoms with Gasteiger partial charge in [-0.15, -0.1) is 0 Å². The van der Waals surface area contributed by atoms with Crippen LogP contribution in [0.5, 0.6) is 11.5 Å². The Morgan fingerprint density at radius 1 is 1.10 bits per heavy atom. The minimum absolute atomic E-state index is 0.0616. The van der Waals surface area contributed by atoms with Crippen molar-refractivity contribution in [2.75, 3.05) is 13.2 Å². The third-order valence-electron chi connectivity index (χ3n) is 4.69. The van der Waals surface area contributed by atoms with E-state index in [1.165, 1.54) is 0 Å². The first-order valence-electron chi connectivity index (χ1n) is 10.0. The van der Waals surface area contributed by atoms with Crippen LogP contribution in [0.3, 0.4) is 0 Å². The van der Waals surface area contributed by atoms with Crippen LogP contribution < -0.4 is 4.74 Å². The Labute approximate surface area is 177 Å². The molecule has 2 unspecified atom stereocenters. The van der Waals surface area contributed by atoms with Crippen LogP contribution in [-0.2, 0) is 15.1 Å². The summed E-state index contributed by atoms with van der Waals surface area (Å²) in [4.78, 5) is 0. The zero-order valence-electron chi connectivity index (χ0n) is 16.7. The average molecular weight is 415 g/mol. The number of hydrogen-bond donors (Lipinski definition) is 1. The number of ether oxygens (including phenoxy) is 3. The van der Waals surface area contributed by atoms with Gasteiger partial charge in [-0.05, 0) is 74.6 Å². The molecule has 1 aliphatic heterocycles. The Balaban J connectivity index is 1.46. The summed E-state index contributed by atoms with van der Waals surface area (Å²) in [7, 11) is 0. The molecule has 2 atom stereocenters. The van der Waals surface area contributed by atoms with E-state index >= 15 is 0 Å². The fourth-order valence-electron chi connectivity index (χ4n) is 3.01. The smallest absolute Gasteiger partial charge is 0.157 e. The highest BCUT2D eigenvalue weighted by atomic mass is 35.5. The Morgan fingerprint density at radius 2 is 1.79 bits per heavy atom. The second-order valence-corrected chi connectivity index (χ2v) is 7.66. The number of unbranched alkanes of at least 4 members (excludes halogenated alkanes) is 1. The fraction of sp³-hybridized carbons (Fsp3) is 0.417. The van der Waals surface area contributed by atoms with E-state index in [1.807, 2.05) is 36.4 Å². The van der Waals surface area contributed by atoms with Crippen molar-refractivity contribution in [1.29, 1.82) is 0 Å². The van der Waals surface area contributed by atoms with E-state index < -0.39 is 5.60 Å². The summed E-state index contributed by atoms with van der Waals surface area (Å²) in [6.45, 7) is 3.11. The standard InChI is InChI=1S/C24H27ClO4/c1-24(26,16-4-2-5-17-27-23-7-3-6-18-28-23)19-8-12-21(13-9-19)29-22-14-10-20(25)11-15-22/h8-15,23,26H,2-3,5-7,17-18H2,1H3. The fourth-order valence-corrected chi connectivity index (χ4v) is 3.14. The Bertz CT molecular complexity index is 813. The topological polar surface area (TPSA) is 47.9 Å². The van der Waals surface area contributed by atoms with Crippen LogP contribution >= 0.6 is 11.6 Å². The molecule has 154 valence electrons. The predicted octanol–water partition coefficient (Wildman–Crippen LogP) is 5.67. The number of aliphatic hydroxyl groups is 1. The maximum absolute atomic E-state index is 10.7. The van der Waals surface area contributed by atoms with Gasteiger partial charge in [0, 0.05) is 18.1 Å². The molecule has 4 nitrogen and oxygen atoms in total. The first kappa shape index (κ1) is 21.7. The summed E-state index contributed by atoms with van der Waals surface area (Å²) < 4.78 is 17.0. The SMILES string of the molecule is CC(O)(C#CCCCOC1CCCCO1)c1ccc(Oc2ccc(Cl)cc2)cc1. The van der Waals surface area contributed by atoms with Gasteiger partial charge in [-0.3, -0.25) is 0 Å². The number of benzene rings is 2. The van der Waals surface area contributed by atoms with Crippen molar-refractivity contribution < 1.29 is 19.3 Å². The van der Waals surface area contributed by atoms with E-state index in [4.69, 9.17) is 25.8 Å². The van der Waals surface area contributed by atoms with Gasteiger partial charge in [0.15, 0.2) is 6.29 Å². The summed E-state index contributed by atoms with van der Waals surface area (Å²) in [5.41, 5.74) is -0.494. The molecule has 5 heteroatoms. The molecular formula is C24H27ClO4. The molecule has 1 N–H and O–H groups in total. The number of rotatable bonds is 7. The molecule has 0 aromatic heterocycles. The summed E-state index contributed by atoms with van der Waals surface area (Å²) in [5.74, 6) is 7.40. The summed E-state index contributed by atoms with van der Waals surface area (Å²) >= 11 is 5.88. The first-order valence-corrected chi connectivity index (χ1v) is 10.4. The summed E-state index contributed by atoms with van der Waals surface area (Å²) in [6, 6.07) is 14.4. The number of hydrogen-bond acceptors (Lipinski definition) is 4. The zero-order chi connectivity index (χ0) is 20.5. The van der Waals surface area contributed by atoms with Crippen molar-refractivity contribution in [3.8, 4) is 23.3 Å². The molecular weight excluding hydrogens is 388 g/mol. The molecule has 0 bridgehead atoms. The van der Waals surface area contributed by atoms with Crippen molar-refractivity contribution >= 4 is 11.6 Å². The second-order valence-electron chi connectivity index (χ2n) is 7.22. The molecule has 0 aliphatic carbocycles. The highest BCUT2D eigenvalue weighted by molar-refractivity contribution is 6.30. The van der Waals surface area contributed by atoms with Crippen LogP contribution in [-0.4, -0.2) is 24.6 Å². The van der Waals surface area contributed by atoms with E-state index in [0.29, 0.717) is 29.5 Å². The molecule has 2 aromatic rings. The maximum atomic E-state index is 10.7. The van der Waals surface area contributed by atoms with E-state index in [9.17, 15) is 5.11 Å². The highest BCUT2D eigenvalue weighted by Gasteiger charge is 2.20. The Hall–Kier alpha value is -2.03. The Morgan fingerprint density at radius 3 is 2.45 bits per heavy atom. The molecule has 2 aromatic carbocycles. The van der Waals surface area contributed by atoms with Gasteiger partial charge in [0.1, 0.15) is 17.1 Å². The summed E-state index contributed by atoms with van der Waals surface area (Å²) in [6.07, 6.45) is 4.68. The third-order valence-corrected chi connectivity index (χ3v) is 4.94. The van der Waals surface area contributed by atoms with Gasteiger partial charge in [0.05, 0.1) is 6.61 Å². The zero-order valence-corrected chi connectivity index (χ0v) is 17.5. The quantitative estimate of drug-likeness (QED) is 0.468. The van der Waals surface area contributed by atoms with E-state index in [1.54, 1.807) is 19.1 Å². The van der Waals surface area contributed by atoms with Gasteiger partial charge in [-0.1, -0.05) is 35.6 Å². The molecule has 0 amide bonds. The second kappa shape index (κ2) is 10.7. The monoisotopic (exact) mass is 414 g/mol. The lowest BCUT2D eigenvalue weighted by molar-refractivity contribution is -0.162. The molecule has 29 heavy (non-hydrogen) atoms. The van der Waals surface area contributed by atoms with Gasteiger partial charge in [-0.2, -0.15) is 0 Å². The lowest BCUT2D eigenvalue weighted by Gasteiger charge is -2.22. The minimum Gasteiger partial charge on any atom is -0.457 e. The van der Waals surface area contributed by atoms with E-state index in [-0.39, 0.29) is 6.29 Å². The van der Waals surface area contributed by atoms with Gasteiger partial charge < -0.3 is 19.3 Å². The van der Waals surface area contributed by atoms with E-state index in [2.05, 4.69) is 11.8 Å².